The predicted molar refractivity (Wildman–Crippen MR) is 114 cm³/mol. The molecule has 0 fully saturated rings. The summed E-state index contributed by atoms with van der Waals surface area (Å²) < 4.78 is 19.4. The average molecular weight is 472 g/mol. The summed E-state index contributed by atoms with van der Waals surface area (Å²) in [6.07, 6.45) is 3.21. The van der Waals surface area contributed by atoms with Gasteiger partial charge in [-0.15, -0.1) is 24.0 Å². The summed E-state index contributed by atoms with van der Waals surface area (Å²) in [6, 6.07) is 12.3. The molecule has 0 amide bonds. The van der Waals surface area contributed by atoms with E-state index in [9.17, 15) is 4.39 Å². The van der Waals surface area contributed by atoms with E-state index < -0.39 is 0 Å². The van der Waals surface area contributed by atoms with E-state index in [0.29, 0.717) is 12.5 Å². The molecule has 0 aliphatic carbocycles. The van der Waals surface area contributed by atoms with Crippen LogP contribution in [-0.4, -0.2) is 37.2 Å². The number of nitrogens with zero attached hydrogens (tertiary/aromatic N) is 2. The van der Waals surface area contributed by atoms with Crippen molar-refractivity contribution < 1.29 is 9.13 Å². The zero-order chi connectivity index (χ0) is 17.9. The number of ether oxygens (including phenoxy) is 1. The van der Waals surface area contributed by atoms with Gasteiger partial charge in [0.15, 0.2) is 17.5 Å². The van der Waals surface area contributed by atoms with Crippen LogP contribution in [0.25, 0.3) is 0 Å². The first-order valence-corrected chi connectivity index (χ1v) is 8.48. The largest absolute Gasteiger partial charge is 0.486 e. The van der Waals surface area contributed by atoms with E-state index in [1.54, 1.807) is 31.4 Å². The number of rotatable bonds is 8. The van der Waals surface area contributed by atoms with Crippen molar-refractivity contribution >= 4 is 29.9 Å². The van der Waals surface area contributed by atoms with E-state index in [1.807, 2.05) is 25.1 Å². The maximum atomic E-state index is 13.7. The van der Waals surface area contributed by atoms with E-state index in [2.05, 4.69) is 20.6 Å². The molecular weight excluding hydrogens is 446 g/mol. The molecule has 2 rings (SSSR count). The number of guanidine groups is 1. The Morgan fingerprint density at radius 3 is 2.62 bits per heavy atom. The zero-order valence-corrected chi connectivity index (χ0v) is 17.4. The number of para-hydroxylation sites is 1. The number of aromatic nitrogens is 1. The van der Waals surface area contributed by atoms with Crippen molar-refractivity contribution in [2.24, 2.45) is 4.99 Å². The molecule has 5 nitrogen and oxygen atoms in total. The molecule has 0 aliphatic rings. The Balaban J connectivity index is 0.00000338. The van der Waals surface area contributed by atoms with Gasteiger partial charge >= 0.3 is 0 Å². The van der Waals surface area contributed by atoms with Crippen molar-refractivity contribution in [3.8, 4) is 5.75 Å². The van der Waals surface area contributed by atoms with Crippen LogP contribution in [0.4, 0.5) is 4.39 Å². The number of hydrogen-bond donors (Lipinski definition) is 2. The number of nitrogens with one attached hydrogen (secondary N) is 2. The van der Waals surface area contributed by atoms with Gasteiger partial charge in [0.25, 0.3) is 0 Å². The van der Waals surface area contributed by atoms with Crippen molar-refractivity contribution in [1.82, 2.24) is 15.6 Å². The van der Waals surface area contributed by atoms with E-state index in [-0.39, 0.29) is 41.6 Å². The maximum Gasteiger partial charge on any atom is 0.191 e. The number of benzene rings is 1. The normalized spacial score (nSPS) is 12.0. The van der Waals surface area contributed by atoms with E-state index in [0.717, 1.165) is 25.1 Å². The Morgan fingerprint density at radius 1 is 1.19 bits per heavy atom. The molecule has 0 radical (unpaired) electrons. The third-order valence-corrected chi connectivity index (χ3v) is 3.71. The first-order valence-electron chi connectivity index (χ1n) is 8.48. The molecule has 2 N–H and O–H groups in total. The van der Waals surface area contributed by atoms with Crippen LogP contribution in [-0.2, 0) is 6.42 Å². The Morgan fingerprint density at radius 2 is 1.96 bits per heavy atom. The zero-order valence-electron chi connectivity index (χ0n) is 15.1. The Bertz CT molecular complexity index is 670. The fourth-order valence-corrected chi connectivity index (χ4v) is 2.28. The van der Waals surface area contributed by atoms with E-state index >= 15 is 0 Å². The molecule has 1 heterocycles. The predicted octanol–water partition coefficient (Wildman–Crippen LogP) is 3.40. The topological polar surface area (TPSA) is 58.5 Å². The molecule has 2 aromatic rings. The van der Waals surface area contributed by atoms with Crippen molar-refractivity contribution in [3.05, 3.63) is 60.2 Å². The van der Waals surface area contributed by atoms with Gasteiger partial charge in [-0.3, -0.25) is 9.98 Å². The highest BCUT2D eigenvalue weighted by atomic mass is 127. The molecule has 0 saturated heterocycles. The highest BCUT2D eigenvalue weighted by Gasteiger charge is 2.11. The minimum Gasteiger partial charge on any atom is -0.486 e. The minimum absolute atomic E-state index is 0. The van der Waals surface area contributed by atoms with Crippen LogP contribution in [0.1, 0.15) is 19.0 Å². The molecule has 1 aromatic carbocycles. The Labute approximate surface area is 171 Å². The second kappa shape index (κ2) is 12.5. The van der Waals surface area contributed by atoms with Crippen LogP contribution in [0.5, 0.6) is 5.75 Å². The number of pyridine rings is 1. The van der Waals surface area contributed by atoms with Gasteiger partial charge in [0.1, 0.15) is 6.10 Å². The van der Waals surface area contributed by atoms with E-state index in [1.165, 1.54) is 6.07 Å². The van der Waals surface area contributed by atoms with Gasteiger partial charge < -0.3 is 15.4 Å². The first-order chi connectivity index (χ1) is 12.2. The van der Waals surface area contributed by atoms with Crippen LogP contribution in [0, 0.1) is 5.82 Å². The third kappa shape index (κ3) is 7.55. The SMILES string of the molecule is CCC(CNC(=NC)NCCc1ccccn1)Oc1ccccc1F.I. The first kappa shape index (κ1) is 22.1. The van der Waals surface area contributed by atoms with Crippen molar-refractivity contribution in [2.75, 3.05) is 20.1 Å². The fourth-order valence-electron chi connectivity index (χ4n) is 2.28. The molecule has 7 heteroatoms. The van der Waals surface area contributed by atoms with Gasteiger partial charge in [0.2, 0.25) is 0 Å². The lowest BCUT2D eigenvalue weighted by molar-refractivity contribution is 0.191. The number of hydrogen-bond acceptors (Lipinski definition) is 3. The molecule has 0 aliphatic heterocycles. The smallest absolute Gasteiger partial charge is 0.191 e. The van der Waals surface area contributed by atoms with Gasteiger partial charge in [-0.2, -0.15) is 0 Å². The van der Waals surface area contributed by atoms with Crippen LogP contribution in [0.15, 0.2) is 53.7 Å². The van der Waals surface area contributed by atoms with Gasteiger partial charge in [0, 0.05) is 31.9 Å². The quantitative estimate of drug-likeness (QED) is 0.352. The molecule has 0 bridgehead atoms. The van der Waals surface area contributed by atoms with Gasteiger partial charge in [0.05, 0.1) is 6.54 Å². The molecule has 1 aromatic heterocycles. The summed E-state index contributed by atoms with van der Waals surface area (Å²) in [5.74, 6) is 0.611. The van der Waals surface area contributed by atoms with Crippen molar-refractivity contribution in [1.29, 1.82) is 0 Å². The molecule has 1 atom stereocenters. The molecule has 26 heavy (non-hydrogen) atoms. The lowest BCUT2D eigenvalue weighted by atomic mass is 10.2. The van der Waals surface area contributed by atoms with Crippen LogP contribution in [0.2, 0.25) is 0 Å². The summed E-state index contributed by atoms with van der Waals surface area (Å²) in [4.78, 5) is 8.48. The molecule has 0 spiro atoms. The Hall–Kier alpha value is -1.90. The monoisotopic (exact) mass is 472 g/mol. The molecule has 0 saturated carbocycles. The standard InChI is InChI=1S/C19H25FN4O.HI/c1-3-16(25-18-10-5-4-9-17(18)20)14-24-19(21-2)23-13-11-15-8-6-7-12-22-15;/h4-10,12,16H,3,11,13-14H2,1-2H3,(H2,21,23,24);1H. The van der Waals surface area contributed by atoms with Crippen molar-refractivity contribution in [2.45, 2.75) is 25.9 Å². The second-order valence-electron chi connectivity index (χ2n) is 5.53. The summed E-state index contributed by atoms with van der Waals surface area (Å²) in [5.41, 5.74) is 1.03. The third-order valence-electron chi connectivity index (χ3n) is 3.71. The van der Waals surface area contributed by atoms with Gasteiger partial charge in [-0.25, -0.2) is 4.39 Å². The molecule has 142 valence electrons. The highest BCUT2D eigenvalue weighted by Crippen LogP contribution is 2.17. The minimum atomic E-state index is -0.348. The molecular formula is C19H26FIN4O. The highest BCUT2D eigenvalue weighted by molar-refractivity contribution is 14.0. The fraction of sp³-hybridized carbons (Fsp3) is 0.368. The maximum absolute atomic E-state index is 13.7. The summed E-state index contributed by atoms with van der Waals surface area (Å²) in [6.45, 7) is 3.26. The summed E-state index contributed by atoms with van der Waals surface area (Å²) in [5, 5.41) is 6.46. The van der Waals surface area contributed by atoms with Crippen LogP contribution < -0.4 is 15.4 Å². The average Bonchev–Trinajstić information content (AvgIpc) is 2.65. The van der Waals surface area contributed by atoms with Crippen LogP contribution in [0.3, 0.4) is 0 Å². The van der Waals surface area contributed by atoms with Crippen molar-refractivity contribution in [3.63, 3.8) is 0 Å². The van der Waals surface area contributed by atoms with Gasteiger partial charge in [-0.1, -0.05) is 25.1 Å². The summed E-state index contributed by atoms with van der Waals surface area (Å²) in [7, 11) is 1.72. The summed E-state index contributed by atoms with van der Waals surface area (Å²) >= 11 is 0. The lowest BCUT2D eigenvalue weighted by Crippen LogP contribution is -2.43. The Kier molecular flexibility index (Phi) is 10.6. The van der Waals surface area contributed by atoms with Crippen LogP contribution >= 0.6 is 24.0 Å². The van der Waals surface area contributed by atoms with E-state index in [4.69, 9.17) is 4.74 Å². The number of halogens is 2. The second-order valence-corrected chi connectivity index (χ2v) is 5.53. The molecule has 1 unspecified atom stereocenters. The number of aliphatic imine (C=N–C) groups is 1. The van der Waals surface area contributed by atoms with Gasteiger partial charge in [-0.05, 0) is 30.7 Å². The lowest BCUT2D eigenvalue weighted by Gasteiger charge is -2.20.